The number of aromatic nitrogens is 1. The second kappa shape index (κ2) is 6.55. The number of nitrogen functional groups attached to an aromatic ring is 1. The van der Waals surface area contributed by atoms with Crippen LogP contribution in [0.15, 0.2) is 0 Å². The Hall–Kier alpha value is -1.01. The topological polar surface area (TPSA) is 69.4 Å². The van der Waals surface area contributed by atoms with Gasteiger partial charge in [0.2, 0.25) is 0 Å². The van der Waals surface area contributed by atoms with E-state index in [-0.39, 0.29) is 6.10 Å². The standard InChI is InChI=1S/C10H19N3O2S/c1-4-14-7(3)6-12-10-8(15-5-2)9(11)13-16-10/h7,12H,4-6H2,1-3H3,(H2,11,13). The monoisotopic (exact) mass is 245 g/mol. The van der Waals surface area contributed by atoms with Crippen molar-refractivity contribution >= 4 is 22.4 Å². The minimum Gasteiger partial charge on any atom is -0.487 e. The number of ether oxygens (including phenoxy) is 2. The zero-order valence-corrected chi connectivity index (χ0v) is 10.8. The Labute approximate surface area is 100 Å². The van der Waals surface area contributed by atoms with E-state index in [1.54, 1.807) is 0 Å². The Balaban J connectivity index is 2.52. The first-order valence-corrected chi connectivity index (χ1v) is 6.19. The van der Waals surface area contributed by atoms with E-state index in [4.69, 9.17) is 15.2 Å². The quantitative estimate of drug-likeness (QED) is 0.768. The number of nitrogens with zero attached hydrogens (tertiary/aromatic N) is 1. The molecule has 5 nitrogen and oxygen atoms in total. The summed E-state index contributed by atoms with van der Waals surface area (Å²) in [6.07, 6.45) is 0.155. The van der Waals surface area contributed by atoms with Gasteiger partial charge < -0.3 is 20.5 Å². The maximum absolute atomic E-state index is 5.70. The molecule has 0 amide bonds. The molecule has 16 heavy (non-hydrogen) atoms. The van der Waals surface area contributed by atoms with Crippen LogP contribution in [0.3, 0.4) is 0 Å². The summed E-state index contributed by atoms with van der Waals surface area (Å²) in [6, 6.07) is 0. The fourth-order valence-corrected chi connectivity index (χ4v) is 1.94. The Kier molecular flexibility index (Phi) is 5.34. The second-order valence-corrected chi connectivity index (χ2v) is 4.08. The van der Waals surface area contributed by atoms with Crippen molar-refractivity contribution in [2.75, 3.05) is 30.8 Å². The van der Waals surface area contributed by atoms with Crippen LogP contribution in [0.5, 0.6) is 5.75 Å². The van der Waals surface area contributed by atoms with Gasteiger partial charge >= 0.3 is 0 Å². The van der Waals surface area contributed by atoms with Crippen LogP contribution in [0.2, 0.25) is 0 Å². The first-order chi connectivity index (χ1) is 7.69. The minimum atomic E-state index is 0.155. The molecule has 0 aliphatic carbocycles. The van der Waals surface area contributed by atoms with Crippen molar-refractivity contribution in [1.82, 2.24) is 4.37 Å². The molecule has 0 saturated carbocycles. The summed E-state index contributed by atoms with van der Waals surface area (Å²) in [6.45, 7) is 7.93. The van der Waals surface area contributed by atoms with Gasteiger partial charge in [-0.25, -0.2) is 0 Å². The molecule has 0 spiro atoms. The molecule has 92 valence electrons. The number of nitrogens with two attached hydrogens (primary N) is 1. The van der Waals surface area contributed by atoms with Crippen LogP contribution in [-0.2, 0) is 4.74 Å². The van der Waals surface area contributed by atoms with Gasteiger partial charge in [-0.2, -0.15) is 4.37 Å². The third-order valence-electron chi connectivity index (χ3n) is 1.96. The third kappa shape index (κ3) is 3.53. The van der Waals surface area contributed by atoms with Gasteiger partial charge in [-0.05, 0) is 32.3 Å². The van der Waals surface area contributed by atoms with E-state index < -0.39 is 0 Å². The summed E-state index contributed by atoms with van der Waals surface area (Å²) in [7, 11) is 0. The lowest BCUT2D eigenvalue weighted by Gasteiger charge is -2.13. The van der Waals surface area contributed by atoms with E-state index in [0.29, 0.717) is 24.8 Å². The zero-order valence-electron chi connectivity index (χ0n) is 9.95. The van der Waals surface area contributed by atoms with E-state index in [9.17, 15) is 0 Å². The van der Waals surface area contributed by atoms with Crippen LogP contribution < -0.4 is 15.8 Å². The first kappa shape index (κ1) is 13.1. The van der Waals surface area contributed by atoms with Crippen LogP contribution in [0.1, 0.15) is 20.8 Å². The van der Waals surface area contributed by atoms with E-state index in [0.717, 1.165) is 11.5 Å². The lowest BCUT2D eigenvalue weighted by molar-refractivity contribution is 0.0855. The van der Waals surface area contributed by atoms with Gasteiger partial charge in [-0.1, -0.05) is 0 Å². The number of rotatable bonds is 7. The van der Waals surface area contributed by atoms with Crippen molar-refractivity contribution in [3.8, 4) is 5.75 Å². The molecule has 0 fully saturated rings. The molecular formula is C10H19N3O2S. The molecule has 6 heteroatoms. The van der Waals surface area contributed by atoms with Crippen LogP contribution in [-0.4, -0.2) is 30.2 Å². The molecule has 0 bridgehead atoms. The van der Waals surface area contributed by atoms with Crippen molar-refractivity contribution in [3.63, 3.8) is 0 Å². The van der Waals surface area contributed by atoms with Gasteiger partial charge in [0.05, 0.1) is 12.7 Å². The van der Waals surface area contributed by atoms with Gasteiger partial charge in [-0.15, -0.1) is 0 Å². The highest BCUT2D eigenvalue weighted by atomic mass is 32.1. The Morgan fingerprint density at radius 1 is 1.44 bits per heavy atom. The van der Waals surface area contributed by atoms with Crippen molar-refractivity contribution in [1.29, 1.82) is 0 Å². The van der Waals surface area contributed by atoms with Crippen molar-refractivity contribution < 1.29 is 9.47 Å². The van der Waals surface area contributed by atoms with Crippen LogP contribution >= 0.6 is 11.5 Å². The predicted molar refractivity (Wildman–Crippen MR) is 67.3 cm³/mol. The number of nitrogens with one attached hydrogen (secondary N) is 1. The second-order valence-electron chi connectivity index (χ2n) is 3.31. The number of anilines is 2. The molecular weight excluding hydrogens is 226 g/mol. The summed E-state index contributed by atoms with van der Waals surface area (Å²) >= 11 is 1.31. The Morgan fingerprint density at radius 2 is 2.19 bits per heavy atom. The lowest BCUT2D eigenvalue weighted by atomic mass is 10.4. The first-order valence-electron chi connectivity index (χ1n) is 5.42. The predicted octanol–water partition coefficient (Wildman–Crippen LogP) is 1.96. The molecule has 3 N–H and O–H groups in total. The van der Waals surface area contributed by atoms with Crippen LogP contribution in [0, 0.1) is 0 Å². The maximum atomic E-state index is 5.70. The fourth-order valence-electron chi connectivity index (χ4n) is 1.27. The molecule has 0 saturated heterocycles. The summed E-state index contributed by atoms with van der Waals surface area (Å²) in [4.78, 5) is 0. The SMILES string of the molecule is CCOc1c(N)nsc1NCC(C)OCC. The van der Waals surface area contributed by atoms with Crippen molar-refractivity contribution in [2.45, 2.75) is 26.9 Å². The maximum Gasteiger partial charge on any atom is 0.197 e. The van der Waals surface area contributed by atoms with E-state index >= 15 is 0 Å². The number of hydrogen-bond donors (Lipinski definition) is 2. The van der Waals surface area contributed by atoms with Gasteiger partial charge in [0.25, 0.3) is 0 Å². The van der Waals surface area contributed by atoms with Crippen LogP contribution in [0.4, 0.5) is 10.8 Å². The molecule has 1 aromatic rings. The van der Waals surface area contributed by atoms with Crippen molar-refractivity contribution in [2.24, 2.45) is 0 Å². The van der Waals surface area contributed by atoms with Gasteiger partial charge in [0.1, 0.15) is 0 Å². The van der Waals surface area contributed by atoms with E-state index in [1.807, 2.05) is 20.8 Å². The smallest absolute Gasteiger partial charge is 0.197 e. The average Bonchev–Trinajstić information content (AvgIpc) is 2.59. The molecule has 1 heterocycles. The van der Waals surface area contributed by atoms with Crippen molar-refractivity contribution in [3.05, 3.63) is 0 Å². The van der Waals surface area contributed by atoms with Crippen LogP contribution in [0.25, 0.3) is 0 Å². The highest BCUT2D eigenvalue weighted by Crippen LogP contribution is 2.34. The fraction of sp³-hybridized carbons (Fsp3) is 0.700. The largest absolute Gasteiger partial charge is 0.487 e. The molecule has 1 unspecified atom stereocenters. The molecule has 0 aliphatic heterocycles. The normalized spacial score (nSPS) is 12.4. The molecule has 0 aliphatic rings. The average molecular weight is 245 g/mol. The summed E-state index contributed by atoms with van der Waals surface area (Å²) in [5.74, 6) is 1.09. The molecule has 1 aromatic heterocycles. The number of hydrogen-bond acceptors (Lipinski definition) is 6. The molecule has 1 rings (SSSR count). The molecule has 0 radical (unpaired) electrons. The molecule has 0 aromatic carbocycles. The Bertz CT molecular complexity index is 317. The van der Waals surface area contributed by atoms with E-state index in [2.05, 4.69) is 9.69 Å². The highest BCUT2D eigenvalue weighted by molar-refractivity contribution is 7.11. The highest BCUT2D eigenvalue weighted by Gasteiger charge is 2.13. The minimum absolute atomic E-state index is 0.155. The summed E-state index contributed by atoms with van der Waals surface area (Å²) in [5, 5.41) is 4.10. The Morgan fingerprint density at radius 3 is 2.81 bits per heavy atom. The summed E-state index contributed by atoms with van der Waals surface area (Å²) in [5.41, 5.74) is 5.70. The third-order valence-corrected chi connectivity index (χ3v) is 2.76. The van der Waals surface area contributed by atoms with Gasteiger partial charge in [0, 0.05) is 13.2 Å². The zero-order chi connectivity index (χ0) is 12.0. The molecule has 1 atom stereocenters. The summed E-state index contributed by atoms with van der Waals surface area (Å²) < 4.78 is 14.9. The van der Waals surface area contributed by atoms with Gasteiger partial charge in [0.15, 0.2) is 16.6 Å². The van der Waals surface area contributed by atoms with Gasteiger partial charge in [-0.3, -0.25) is 0 Å². The van der Waals surface area contributed by atoms with E-state index in [1.165, 1.54) is 11.5 Å². The lowest BCUT2D eigenvalue weighted by Crippen LogP contribution is -2.19.